The Balaban J connectivity index is 0.000000580. The van der Waals surface area contributed by atoms with Crippen molar-refractivity contribution in [1.82, 2.24) is 29.9 Å². The van der Waals surface area contributed by atoms with Crippen molar-refractivity contribution in [2.75, 3.05) is 69.2 Å². The first-order valence-corrected chi connectivity index (χ1v) is 60.6. The molecule has 0 fully saturated rings. The summed E-state index contributed by atoms with van der Waals surface area (Å²) in [5.41, 5.74) is 15.5. The first kappa shape index (κ1) is 127. The predicted molar refractivity (Wildman–Crippen MR) is 613 cm³/mol. The molecule has 0 saturated carbocycles. The summed E-state index contributed by atoms with van der Waals surface area (Å²) in [6.07, 6.45) is 0. The molecule has 38 heteroatoms. The minimum absolute atomic E-state index is 0.0484. The molecule has 4 radical (unpaired) electrons. The molecule has 6 aromatic carbocycles. The number of nitrogens with one attached hydrogen (secondary N) is 2. The Bertz CT molecular complexity index is 6090. The van der Waals surface area contributed by atoms with Gasteiger partial charge in [-0.2, -0.15) is 0 Å². The van der Waals surface area contributed by atoms with Gasteiger partial charge in [-0.05, 0) is 272 Å². The number of nitrogens with two attached hydrogens (primary N) is 1. The van der Waals surface area contributed by atoms with Crippen LogP contribution in [-0.4, -0.2) is 174 Å². The van der Waals surface area contributed by atoms with E-state index in [0.29, 0.717) is 88.4 Å². The maximum Gasteiger partial charge on any atom is 0.338 e. The number of halogens is 6. The topological polar surface area (TPSA) is 346 Å². The second-order valence-corrected chi connectivity index (χ2v) is 61.4. The number of nitrogens with zero attached hydrogens (tertiary/aromatic N) is 6. The number of nitrogen functional groups attached to an aromatic ring is 1. The van der Waals surface area contributed by atoms with Crippen molar-refractivity contribution in [3.63, 3.8) is 0 Å². The van der Waals surface area contributed by atoms with Crippen molar-refractivity contribution < 1.29 is 83.7 Å². The predicted octanol–water partition coefficient (Wildman–Crippen LogP) is 28.8. The molecule has 0 saturated heterocycles. The van der Waals surface area contributed by atoms with Crippen LogP contribution in [0.2, 0.25) is 54.4 Å². The van der Waals surface area contributed by atoms with E-state index in [2.05, 4.69) is 276 Å². The molecule has 0 atom stereocenters. The molecule has 0 aliphatic rings. The van der Waals surface area contributed by atoms with Gasteiger partial charge in [0.25, 0.3) is 11.8 Å². The number of benzene rings is 6. The lowest BCUT2D eigenvalue weighted by atomic mass is 9.81. The average molecular weight is 2350 g/mol. The Morgan fingerprint density at radius 3 is 0.847 bits per heavy atom. The lowest BCUT2D eigenvalue weighted by Crippen LogP contribution is -2.43. The van der Waals surface area contributed by atoms with E-state index in [0.717, 1.165) is 71.6 Å². The number of anilines is 3. The van der Waals surface area contributed by atoms with Crippen LogP contribution in [0, 0.1) is 0 Å². The molecule has 6 heterocycles. The quantitative estimate of drug-likeness (QED) is 0.00915. The number of aromatic nitrogens is 6. The van der Waals surface area contributed by atoms with Gasteiger partial charge < -0.3 is 48.5 Å². The first-order chi connectivity index (χ1) is 67.9. The number of aliphatic hydroxyl groups excluding tert-OH is 2. The fraction of sp³-hybridized carbons (Fsp3) is 0.415. The van der Waals surface area contributed by atoms with Crippen molar-refractivity contribution in [3.8, 4) is 0 Å². The number of esters is 3. The first-order valence-electron chi connectivity index (χ1n) is 47.3. The van der Waals surface area contributed by atoms with Crippen molar-refractivity contribution in [1.29, 1.82) is 0 Å². The fourth-order valence-corrected chi connectivity index (χ4v) is 18.9. The molecule has 0 bridgehead atoms. The Morgan fingerprint density at radius 1 is 0.375 bits per heavy atom. The molecule has 0 spiro atoms. The summed E-state index contributed by atoms with van der Waals surface area (Å²) >= 11 is 17.3. The summed E-state index contributed by atoms with van der Waals surface area (Å²) in [7, 11) is 2.65. The molecule has 0 unspecified atom stereocenters. The van der Waals surface area contributed by atoms with Crippen LogP contribution in [0.4, 0.5) is 24.5 Å². The summed E-state index contributed by atoms with van der Waals surface area (Å²) in [5, 5.41) is 35.5. The molecule has 24 nitrogen and oxygen atoms in total. The summed E-state index contributed by atoms with van der Waals surface area (Å²) in [4.78, 5) is 98.4. The second kappa shape index (κ2) is 58.2. The van der Waals surface area contributed by atoms with Crippen molar-refractivity contribution in [3.05, 3.63) is 275 Å². The van der Waals surface area contributed by atoms with Gasteiger partial charge in [-0.25, -0.2) is 49.1 Å². The van der Waals surface area contributed by atoms with Crippen LogP contribution in [0.25, 0.3) is 31.0 Å². The third-order valence-corrected chi connectivity index (χ3v) is 42.0. The molecular weight excluding hydrogens is 2200 g/mol. The van der Waals surface area contributed by atoms with E-state index >= 15 is 0 Å². The van der Waals surface area contributed by atoms with Crippen molar-refractivity contribution in [2.45, 2.75) is 234 Å². The summed E-state index contributed by atoms with van der Waals surface area (Å²) in [5.74, 6) is -2.14. The van der Waals surface area contributed by atoms with E-state index < -0.39 is 30.9 Å². The summed E-state index contributed by atoms with van der Waals surface area (Å²) < 4.78 is 63.1. The Hall–Kier alpha value is -8.84. The lowest BCUT2D eigenvalue weighted by molar-refractivity contribution is 0.0516. The maximum absolute atomic E-state index is 12.7. The van der Waals surface area contributed by atoms with Gasteiger partial charge in [0.15, 0.2) is 40.3 Å². The number of thiazole rings is 3. The number of aliphatic hydroxyl groups is 2. The van der Waals surface area contributed by atoms with Gasteiger partial charge in [0.05, 0.1) is 55.3 Å². The number of fused-ring (bicyclic) bond motifs is 3. The van der Waals surface area contributed by atoms with E-state index in [4.69, 9.17) is 50.4 Å². The standard InChI is InChI=1S/C23H30BrN3O2SSi.C19H32O3Si.C17H16BrN3O2S.C17H28O3Si.C13H18O3.C9H9BrO2.C6H4BrN3S.C2H4.B2.F2.H2/c1-22(2,3)31(6,7)29-14-23(4,5)16-10-8-15(9-11-16)19(28)27-21-25-17-12-13-18(24)26-20(17)30-21;1-9-21-17(20)15-10-12-16(13-11-15)19(5,6)14-22-23(7,8)18(2,3)4;1-17(2,9-22)11-5-3-10(4-6-11)14(23)21-16-19-12-7-8-13(18)20-15(12)24-16;1-16(2,3)21(6,7)20-12-17(4,5)14-10-8-13(9-11-14)15(18)19;1-4-16-12(15)10-5-7-11(8-6-10)13(2,3)9-14;1-2-12-9(11)7-3-5-8(10)6-4-7;7-4-2-1-3-5(10-4)11-6(8)9-3;3*1-2;/h8-13H,14H2,1-7H3,(H,25,27,28);10-13H,9,14H2,1-8H3;3-8,22H,9H2,1-2H3,(H,19,21,23);8-11H,12H2,1-7H3,(H,18,19);5-8,14H,4,9H2,1-3H3;3-6H,2H2,1H3;1-2H,(H2,8,9);1-2H2;;;1H/i;;;;;;;;;;1+1D. The number of rotatable bonds is 27. The molecule has 6 aromatic heterocycles. The number of aromatic carboxylic acids is 1. The fourth-order valence-electron chi connectivity index (χ4n) is 11.6. The smallest absolute Gasteiger partial charge is 0.338 e. The molecule has 0 aliphatic heterocycles. The Morgan fingerprint density at radius 2 is 0.604 bits per heavy atom. The highest BCUT2D eigenvalue weighted by atomic mass is 79.9. The number of carbonyl (C=O) groups is 6. The molecule has 0 aliphatic carbocycles. The lowest BCUT2D eigenvalue weighted by Gasteiger charge is -2.39. The zero-order chi connectivity index (χ0) is 112. The zero-order valence-electron chi connectivity index (χ0n) is 90.0. The number of hydrogen-bond donors (Lipinski definition) is 6. The number of ether oxygens (including phenoxy) is 3. The molecule has 7 N–H and O–H groups in total. The van der Waals surface area contributed by atoms with E-state index in [1.807, 2.05) is 168 Å². The van der Waals surface area contributed by atoms with E-state index in [-0.39, 0.29) is 85.1 Å². The van der Waals surface area contributed by atoms with Crippen molar-refractivity contribution >= 4 is 220 Å². The van der Waals surface area contributed by atoms with Crippen LogP contribution < -0.4 is 16.4 Å². The SMILES string of the molecule is C=C.CC(C)(CO)c1ccc(C(=O)Nc2nc3ccc(Br)nc3s2)cc1.CC(C)(CO[Si](C)(C)C(C)(C)C)c1ccc(C(=O)Nc2nc3ccc(Br)nc3s2)cc1.CC(C)(CO[Si](C)(C)C(C)(C)C)c1ccc(C(=O)O)cc1.CCOC(=O)c1ccc(Br)cc1.CCOC(=O)c1ccc(C(C)(C)CO)cc1.CCOC(=O)c1ccc(C(C)(C)CO[Si](C)(C)C(C)(C)C)cc1.FF.Nc1nc2ccc(Br)nc2s1.[2H][2H].[B][B]. The number of carboxylic acids is 1. The molecule has 144 heavy (non-hydrogen) atoms. The van der Waals surface area contributed by atoms with Crippen molar-refractivity contribution in [2.24, 2.45) is 0 Å². The average Bonchev–Trinajstić information content (AvgIpc) is 1.62. The maximum atomic E-state index is 12.7. The minimum Gasteiger partial charge on any atom is -0.478 e. The summed E-state index contributed by atoms with van der Waals surface area (Å²) in [6, 6.07) is 55.1. The zero-order valence-corrected chi connectivity index (χ0v) is 99.8. The van der Waals surface area contributed by atoms with Gasteiger partial charge in [-0.3, -0.25) is 20.2 Å². The summed E-state index contributed by atoms with van der Waals surface area (Å²) in [6.45, 7) is 69.2. The third kappa shape index (κ3) is 40.7. The minimum atomic E-state index is -1.82. The Labute approximate surface area is 904 Å². The number of carbonyl (C=O) groups excluding carboxylic acids is 5. The van der Waals surface area contributed by atoms with Crippen LogP contribution >= 0.6 is 97.7 Å². The van der Waals surface area contributed by atoms with Crippen LogP contribution in [0.1, 0.15) is 245 Å². The van der Waals surface area contributed by atoms with Gasteiger partial charge in [0.2, 0.25) is 0 Å². The monoisotopic (exact) mass is 2340 g/mol. The number of carboxylic acid groups (broad SMARTS) is 1. The second-order valence-electron chi connectivity index (χ2n) is 40.6. The largest absolute Gasteiger partial charge is 0.478 e. The number of hydrogen-bond acceptors (Lipinski definition) is 24. The molecule has 12 aromatic rings. The highest BCUT2D eigenvalue weighted by Crippen LogP contribution is 2.42. The normalized spacial score (nSPS) is 11.8. The number of pyridine rings is 3. The third-order valence-electron chi connectivity index (χ3n) is 24.2. The van der Waals surface area contributed by atoms with E-state index in [9.17, 15) is 39.0 Å². The van der Waals surface area contributed by atoms with Gasteiger partial charge >= 0.3 is 23.9 Å². The highest BCUT2D eigenvalue weighted by Gasteiger charge is 2.42. The van der Waals surface area contributed by atoms with Gasteiger partial charge in [0.1, 0.15) is 44.9 Å². The van der Waals surface area contributed by atoms with Crippen LogP contribution in [-0.2, 0) is 54.6 Å². The highest BCUT2D eigenvalue weighted by molar-refractivity contribution is 9.11. The van der Waals surface area contributed by atoms with E-state index in [1.54, 1.807) is 62.4 Å². The molecule has 2 amide bonds. The van der Waals surface area contributed by atoms with Crippen LogP contribution in [0.15, 0.2) is 213 Å². The molecular formula is C106H143B2Br4F2N9O15S3Si3. The number of amides is 2. The Kier molecular flexibility index (Phi) is 51.5. The molecule has 780 valence electrons. The van der Waals surface area contributed by atoms with Gasteiger partial charge in [-0.1, -0.05) is 242 Å². The van der Waals surface area contributed by atoms with Gasteiger partial charge in [-0.15, -0.1) is 13.2 Å². The van der Waals surface area contributed by atoms with E-state index in [1.165, 1.54) is 39.6 Å². The molecule has 12 rings (SSSR count). The van der Waals surface area contributed by atoms with Crippen LogP contribution in [0.3, 0.4) is 0 Å². The van der Waals surface area contributed by atoms with Gasteiger partial charge in [0, 0.05) is 90.1 Å². The van der Waals surface area contributed by atoms with Crippen LogP contribution in [0.5, 0.6) is 0 Å².